The van der Waals surface area contributed by atoms with Crippen LogP contribution in [-0.2, 0) is 6.42 Å². The summed E-state index contributed by atoms with van der Waals surface area (Å²) in [5, 5.41) is 3.14. The van der Waals surface area contributed by atoms with Crippen LogP contribution in [0.5, 0.6) is 0 Å². The first kappa shape index (κ1) is 17.0. The van der Waals surface area contributed by atoms with E-state index in [0.717, 1.165) is 36.5 Å². The summed E-state index contributed by atoms with van der Waals surface area (Å²) in [5.74, 6) is 0.609. The van der Waals surface area contributed by atoms with E-state index in [-0.39, 0.29) is 5.56 Å². The van der Waals surface area contributed by atoms with E-state index in [1.54, 1.807) is 18.5 Å². The van der Waals surface area contributed by atoms with Crippen molar-refractivity contribution in [1.29, 1.82) is 0 Å². The molecule has 1 fully saturated rings. The third-order valence-electron chi connectivity index (χ3n) is 5.37. The third-order valence-corrected chi connectivity index (χ3v) is 5.37. The van der Waals surface area contributed by atoms with Gasteiger partial charge < -0.3 is 4.90 Å². The number of hydrogen-bond acceptors (Lipinski definition) is 4. The number of pyridine rings is 1. The van der Waals surface area contributed by atoms with Gasteiger partial charge in [-0.15, -0.1) is 0 Å². The molecule has 1 aliphatic rings. The van der Waals surface area contributed by atoms with Crippen molar-refractivity contribution in [3.63, 3.8) is 0 Å². The third kappa shape index (κ3) is 3.42. The lowest BCUT2D eigenvalue weighted by molar-refractivity contribution is 0.149. The number of likely N-dealkylation sites (tertiary alicyclic amines) is 1. The average molecular weight is 351 g/mol. The van der Waals surface area contributed by atoms with E-state index in [9.17, 15) is 4.79 Å². The number of piperidine rings is 1. The predicted molar refractivity (Wildman–Crippen MR) is 102 cm³/mol. The maximum Gasteiger partial charge on any atom is 0.272 e. The molecule has 0 radical (unpaired) electrons. The lowest BCUT2D eigenvalue weighted by Gasteiger charge is -2.34. The summed E-state index contributed by atoms with van der Waals surface area (Å²) in [7, 11) is 0. The molecular weight excluding hydrogens is 326 g/mol. The lowest BCUT2D eigenvalue weighted by atomic mass is 9.91. The topological polar surface area (TPSA) is 66.3 Å². The van der Waals surface area contributed by atoms with Crippen LogP contribution in [0.2, 0.25) is 0 Å². The Balaban J connectivity index is 1.55. The molecule has 4 heterocycles. The molecule has 1 N–H and O–H groups in total. The van der Waals surface area contributed by atoms with Gasteiger partial charge in [0.1, 0.15) is 0 Å². The van der Waals surface area contributed by atoms with Crippen LogP contribution in [0.25, 0.3) is 16.9 Å². The van der Waals surface area contributed by atoms with Crippen molar-refractivity contribution >= 4 is 5.65 Å². The Morgan fingerprint density at radius 1 is 1.19 bits per heavy atom. The predicted octanol–water partition coefficient (Wildman–Crippen LogP) is 2.75. The zero-order chi connectivity index (χ0) is 18.1. The zero-order valence-electron chi connectivity index (χ0n) is 15.4. The van der Waals surface area contributed by atoms with Gasteiger partial charge in [0.15, 0.2) is 5.65 Å². The van der Waals surface area contributed by atoms with E-state index in [0.29, 0.717) is 17.6 Å². The summed E-state index contributed by atoms with van der Waals surface area (Å²) in [6, 6.07) is 8.05. The molecule has 26 heavy (non-hydrogen) atoms. The van der Waals surface area contributed by atoms with Crippen LogP contribution in [0.4, 0.5) is 0 Å². The van der Waals surface area contributed by atoms with E-state index in [1.165, 1.54) is 17.4 Å². The summed E-state index contributed by atoms with van der Waals surface area (Å²) in [5.41, 5.74) is 3.40. The smallest absolute Gasteiger partial charge is 0.272 e. The van der Waals surface area contributed by atoms with Crippen LogP contribution in [0.15, 0.2) is 41.5 Å². The molecule has 0 unspecified atom stereocenters. The van der Waals surface area contributed by atoms with Gasteiger partial charge in [0.25, 0.3) is 5.56 Å². The normalized spacial score (nSPS) is 16.6. The molecule has 4 rings (SSSR count). The summed E-state index contributed by atoms with van der Waals surface area (Å²) >= 11 is 0. The molecule has 3 aromatic heterocycles. The van der Waals surface area contributed by atoms with E-state index in [1.807, 2.05) is 18.2 Å². The molecule has 1 saturated heterocycles. The van der Waals surface area contributed by atoms with Crippen molar-refractivity contribution in [2.24, 2.45) is 5.92 Å². The van der Waals surface area contributed by atoms with Crippen molar-refractivity contribution in [1.82, 2.24) is 24.5 Å². The summed E-state index contributed by atoms with van der Waals surface area (Å²) < 4.78 is 1.51. The van der Waals surface area contributed by atoms with Crippen LogP contribution < -0.4 is 5.56 Å². The zero-order valence-corrected chi connectivity index (χ0v) is 15.4. The van der Waals surface area contributed by atoms with E-state index < -0.39 is 0 Å². The average Bonchev–Trinajstić information content (AvgIpc) is 3.08. The van der Waals surface area contributed by atoms with Gasteiger partial charge in [-0.2, -0.15) is 0 Å². The Hall–Kier alpha value is -2.47. The Labute approximate surface area is 152 Å². The monoisotopic (exact) mass is 351 g/mol. The van der Waals surface area contributed by atoms with Crippen molar-refractivity contribution in [3.8, 4) is 11.3 Å². The molecule has 0 aliphatic carbocycles. The van der Waals surface area contributed by atoms with Gasteiger partial charge in [-0.3, -0.25) is 14.9 Å². The van der Waals surface area contributed by atoms with Gasteiger partial charge in [-0.1, -0.05) is 0 Å². The molecular formula is C20H25N5O. The molecule has 1 aliphatic heterocycles. The highest BCUT2D eigenvalue weighted by Gasteiger charge is 2.21. The first-order chi connectivity index (χ1) is 12.6. The van der Waals surface area contributed by atoms with Gasteiger partial charge >= 0.3 is 0 Å². The summed E-state index contributed by atoms with van der Waals surface area (Å²) in [6.07, 6.45) is 6.72. The molecule has 0 bridgehead atoms. The maximum absolute atomic E-state index is 12.5. The van der Waals surface area contributed by atoms with Crippen LogP contribution >= 0.6 is 0 Å². The Morgan fingerprint density at radius 2 is 1.92 bits per heavy atom. The highest BCUT2D eigenvalue weighted by Crippen LogP contribution is 2.23. The number of aromatic nitrogens is 4. The quantitative estimate of drug-likeness (QED) is 0.785. The van der Waals surface area contributed by atoms with Crippen LogP contribution in [-0.4, -0.2) is 43.6 Å². The van der Waals surface area contributed by atoms with Gasteiger partial charge in [0.05, 0.1) is 5.69 Å². The molecule has 6 nitrogen and oxygen atoms in total. The maximum atomic E-state index is 12.5. The fourth-order valence-electron chi connectivity index (χ4n) is 3.79. The number of hydrogen-bond donors (Lipinski definition) is 1. The number of aromatic amines is 1. The Bertz CT molecular complexity index is 936. The van der Waals surface area contributed by atoms with Crippen molar-refractivity contribution in [3.05, 3.63) is 52.7 Å². The highest BCUT2D eigenvalue weighted by atomic mass is 16.1. The summed E-state index contributed by atoms with van der Waals surface area (Å²) in [6.45, 7) is 6.78. The largest absolute Gasteiger partial charge is 0.301 e. The van der Waals surface area contributed by atoms with Crippen molar-refractivity contribution in [2.45, 2.75) is 39.2 Å². The first-order valence-corrected chi connectivity index (χ1v) is 9.36. The van der Waals surface area contributed by atoms with E-state index in [4.69, 9.17) is 4.98 Å². The molecule has 0 spiro atoms. The van der Waals surface area contributed by atoms with Crippen LogP contribution in [0.3, 0.4) is 0 Å². The molecule has 0 amide bonds. The molecule has 3 aromatic rings. The number of H-pyrrole nitrogens is 1. The van der Waals surface area contributed by atoms with Crippen LogP contribution in [0.1, 0.15) is 32.4 Å². The summed E-state index contributed by atoms with van der Waals surface area (Å²) in [4.78, 5) is 23.8. The van der Waals surface area contributed by atoms with Gasteiger partial charge in [0, 0.05) is 41.8 Å². The number of nitrogens with zero attached hydrogens (tertiary/aromatic N) is 4. The standard InChI is InChI=1S/C20H25N5O/c1-14(2)24-9-5-15(6-10-24)11-17-12-20(26)25-19(22-17)13-18(23-25)16-3-7-21-8-4-16/h3-4,7-8,12-15,23H,5-6,9-11H2,1-2H3. The number of rotatable bonds is 4. The minimum absolute atomic E-state index is 0.0510. The fraction of sp³-hybridized carbons (Fsp3) is 0.450. The van der Waals surface area contributed by atoms with Gasteiger partial charge in [-0.25, -0.2) is 9.50 Å². The molecule has 0 atom stereocenters. The number of nitrogens with one attached hydrogen (secondary N) is 1. The molecule has 0 saturated carbocycles. The SMILES string of the molecule is CC(C)N1CCC(Cc2cc(=O)n3[nH]c(-c4ccncc4)cc3n2)CC1. The second-order valence-electron chi connectivity index (χ2n) is 7.46. The van der Waals surface area contributed by atoms with Crippen LogP contribution in [0, 0.1) is 5.92 Å². The minimum atomic E-state index is -0.0510. The number of fused-ring (bicyclic) bond motifs is 1. The lowest BCUT2D eigenvalue weighted by Crippen LogP contribution is -2.39. The van der Waals surface area contributed by atoms with Gasteiger partial charge in [-0.05, 0) is 64.3 Å². The molecule has 6 heteroatoms. The first-order valence-electron chi connectivity index (χ1n) is 9.36. The van der Waals surface area contributed by atoms with Crippen molar-refractivity contribution in [2.75, 3.05) is 13.1 Å². The Kier molecular flexibility index (Phi) is 4.59. The Morgan fingerprint density at radius 3 is 2.62 bits per heavy atom. The van der Waals surface area contributed by atoms with E-state index in [2.05, 4.69) is 28.8 Å². The van der Waals surface area contributed by atoms with Gasteiger partial charge in [0.2, 0.25) is 0 Å². The second-order valence-corrected chi connectivity index (χ2v) is 7.46. The highest BCUT2D eigenvalue weighted by molar-refractivity contribution is 5.63. The minimum Gasteiger partial charge on any atom is -0.301 e. The van der Waals surface area contributed by atoms with E-state index >= 15 is 0 Å². The molecule has 136 valence electrons. The second kappa shape index (κ2) is 7.03. The fourth-order valence-corrected chi connectivity index (χ4v) is 3.79. The van der Waals surface area contributed by atoms with Crippen molar-refractivity contribution < 1.29 is 0 Å². The molecule has 0 aromatic carbocycles.